The number of carbonyl (C=O) groups is 1. The number of nitrogens with two attached hydrogens (primary N) is 1. The molecule has 0 radical (unpaired) electrons. The Labute approximate surface area is 127 Å². The molecule has 0 unspecified atom stereocenters. The summed E-state index contributed by atoms with van der Waals surface area (Å²) in [4.78, 5) is 11.4. The molecule has 2 aromatic carbocycles. The van der Waals surface area contributed by atoms with E-state index in [4.69, 9.17) is 17.3 Å². The van der Waals surface area contributed by atoms with Crippen LogP contribution in [0.4, 0.5) is 5.69 Å². The second-order valence-electron chi connectivity index (χ2n) is 4.24. The maximum Gasteiger partial charge on any atom is 0.238 e. The van der Waals surface area contributed by atoms with Crippen molar-refractivity contribution in [2.45, 2.75) is 9.79 Å². The van der Waals surface area contributed by atoms with Gasteiger partial charge < -0.3 is 11.1 Å². The normalized spacial score (nSPS) is 11.1. The monoisotopic (exact) mass is 324 g/mol. The van der Waals surface area contributed by atoms with Gasteiger partial charge in [-0.3, -0.25) is 4.79 Å². The van der Waals surface area contributed by atoms with Crippen molar-refractivity contribution in [2.24, 2.45) is 5.73 Å². The Morgan fingerprint density at radius 2 is 1.76 bits per heavy atom. The van der Waals surface area contributed by atoms with Crippen molar-refractivity contribution in [1.29, 1.82) is 0 Å². The summed E-state index contributed by atoms with van der Waals surface area (Å²) >= 11 is 5.81. The molecule has 0 spiro atoms. The van der Waals surface area contributed by atoms with Crippen LogP contribution in [-0.2, 0) is 14.6 Å². The third-order valence-corrected chi connectivity index (χ3v) is 4.74. The third kappa shape index (κ3) is 3.60. The minimum absolute atomic E-state index is 0.119. The Morgan fingerprint density at radius 1 is 1.10 bits per heavy atom. The zero-order valence-corrected chi connectivity index (χ0v) is 12.5. The van der Waals surface area contributed by atoms with Gasteiger partial charge >= 0.3 is 0 Å². The lowest BCUT2D eigenvalue weighted by Crippen LogP contribution is -2.21. The Morgan fingerprint density at radius 3 is 2.33 bits per heavy atom. The summed E-state index contributed by atoms with van der Waals surface area (Å²) in [6.45, 7) is -0.136. The molecule has 5 nitrogen and oxygen atoms in total. The van der Waals surface area contributed by atoms with Crippen molar-refractivity contribution in [2.75, 3.05) is 11.9 Å². The highest BCUT2D eigenvalue weighted by Crippen LogP contribution is 2.24. The maximum absolute atomic E-state index is 12.4. The Bertz CT molecular complexity index is 758. The number of hydrogen-bond donors (Lipinski definition) is 2. The number of carbonyl (C=O) groups excluding carboxylic acids is 1. The first-order chi connectivity index (χ1) is 9.93. The fraction of sp³-hybridized carbons (Fsp3) is 0.0714. The van der Waals surface area contributed by atoms with Gasteiger partial charge in [0.2, 0.25) is 15.7 Å². The van der Waals surface area contributed by atoms with Crippen molar-refractivity contribution in [3.05, 3.63) is 53.6 Å². The van der Waals surface area contributed by atoms with Gasteiger partial charge in [-0.25, -0.2) is 8.42 Å². The highest BCUT2D eigenvalue weighted by Gasteiger charge is 2.17. The Kier molecular flexibility index (Phi) is 4.62. The smallest absolute Gasteiger partial charge is 0.238 e. The first-order valence-corrected chi connectivity index (χ1v) is 7.90. The van der Waals surface area contributed by atoms with Crippen molar-refractivity contribution in [1.82, 2.24) is 0 Å². The predicted molar refractivity (Wildman–Crippen MR) is 81.0 cm³/mol. The van der Waals surface area contributed by atoms with Gasteiger partial charge in [-0.1, -0.05) is 17.7 Å². The molecule has 21 heavy (non-hydrogen) atoms. The summed E-state index contributed by atoms with van der Waals surface area (Å²) in [7, 11) is -3.63. The number of sulfone groups is 1. The van der Waals surface area contributed by atoms with Gasteiger partial charge in [0.15, 0.2) is 0 Å². The minimum atomic E-state index is -3.63. The van der Waals surface area contributed by atoms with E-state index >= 15 is 0 Å². The van der Waals surface area contributed by atoms with Gasteiger partial charge in [0.05, 0.1) is 16.3 Å². The number of hydrogen-bond acceptors (Lipinski definition) is 4. The molecular formula is C14H13ClN2O3S. The molecule has 0 heterocycles. The second-order valence-corrected chi connectivity index (χ2v) is 6.62. The van der Waals surface area contributed by atoms with Gasteiger partial charge in [0.1, 0.15) is 0 Å². The van der Waals surface area contributed by atoms with E-state index in [1.54, 1.807) is 12.1 Å². The van der Waals surface area contributed by atoms with E-state index in [2.05, 4.69) is 5.32 Å². The first kappa shape index (κ1) is 15.5. The average Bonchev–Trinajstić information content (AvgIpc) is 2.47. The second kappa shape index (κ2) is 6.26. The molecule has 3 N–H and O–H groups in total. The van der Waals surface area contributed by atoms with Crippen LogP contribution in [0.15, 0.2) is 58.3 Å². The highest BCUT2D eigenvalue weighted by molar-refractivity contribution is 7.91. The highest BCUT2D eigenvalue weighted by atomic mass is 35.5. The summed E-state index contributed by atoms with van der Waals surface area (Å²) in [5.41, 5.74) is 5.67. The lowest BCUT2D eigenvalue weighted by Gasteiger charge is -2.07. The molecule has 2 aromatic rings. The molecule has 2 rings (SSSR count). The van der Waals surface area contributed by atoms with Crippen molar-refractivity contribution in [3.63, 3.8) is 0 Å². The van der Waals surface area contributed by atoms with E-state index in [9.17, 15) is 13.2 Å². The molecule has 0 aliphatic carbocycles. The first-order valence-electron chi connectivity index (χ1n) is 6.04. The molecule has 0 atom stereocenters. The lowest BCUT2D eigenvalue weighted by atomic mass is 10.3. The summed E-state index contributed by atoms with van der Waals surface area (Å²) in [6.07, 6.45) is 0. The number of nitrogens with one attached hydrogen (secondary N) is 1. The maximum atomic E-state index is 12.4. The van der Waals surface area contributed by atoms with E-state index < -0.39 is 9.84 Å². The van der Waals surface area contributed by atoms with E-state index in [0.717, 1.165) is 0 Å². The quantitative estimate of drug-likeness (QED) is 0.901. The molecular weight excluding hydrogens is 312 g/mol. The minimum Gasteiger partial charge on any atom is -0.325 e. The molecule has 0 saturated carbocycles. The fourth-order valence-electron chi connectivity index (χ4n) is 1.70. The van der Waals surface area contributed by atoms with Gasteiger partial charge in [0.25, 0.3) is 0 Å². The van der Waals surface area contributed by atoms with Crippen molar-refractivity contribution >= 4 is 33.0 Å². The number of halogens is 1. The van der Waals surface area contributed by atoms with Crippen molar-refractivity contribution in [3.8, 4) is 0 Å². The fourth-order valence-corrected chi connectivity index (χ4v) is 3.26. The number of anilines is 1. The predicted octanol–water partition coefficient (Wildman–Crippen LogP) is 2.07. The van der Waals surface area contributed by atoms with Crippen LogP contribution < -0.4 is 11.1 Å². The summed E-state index contributed by atoms with van der Waals surface area (Å²) in [5, 5.41) is 2.89. The summed E-state index contributed by atoms with van der Waals surface area (Å²) < 4.78 is 24.8. The SMILES string of the molecule is NCC(=O)Nc1ccc(S(=O)(=O)c2cccc(Cl)c2)cc1. The zero-order valence-electron chi connectivity index (χ0n) is 10.9. The topological polar surface area (TPSA) is 89.3 Å². The molecule has 0 saturated heterocycles. The Balaban J connectivity index is 2.31. The van der Waals surface area contributed by atoms with Gasteiger partial charge in [-0.05, 0) is 42.5 Å². The summed E-state index contributed by atoms with van der Waals surface area (Å²) in [6, 6.07) is 11.9. The van der Waals surface area contributed by atoms with Crippen LogP contribution in [-0.4, -0.2) is 20.9 Å². The largest absolute Gasteiger partial charge is 0.325 e. The molecule has 7 heteroatoms. The van der Waals surface area contributed by atoms with Gasteiger partial charge in [-0.15, -0.1) is 0 Å². The van der Waals surface area contributed by atoms with Crippen LogP contribution in [0.3, 0.4) is 0 Å². The van der Waals surface area contributed by atoms with Gasteiger partial charge in [-0.2, -0.15) is 0 Å². The van der Waals surface area contributed by atoms with E-state index in [0.29, 0.717) is 10.7 Å². The zero-order chi connectivity index (χ0) is 15.5. The Hall–Kier alpha value is -1.89. The third-order valence-electron chi connectivity index (χ3n) is 2.74. The van der Waals surface area contributed by atoms with Crippen LogP contribution in [0.1, 0.15) is 0 Å². The van der Waals surface area contributed by atoms with E-state index in [1.165, 1.54) is 36.4 Å². The molecule has 0 aliphatic rings. The molecule has 110 valence electrons. The molecule has 0 aromatic heterocycles. The average molecular weight is 325 g/mol. The van der Waals surface area contributed by atoms with E-state index in [-0.39, 0.29) is 22.2 Å². The molecule has 0 fully saturated rings. The molecule has 0 aliphatic heterocycles. The van der Waals surface area contributed by atoms with Crippen LogP contribution in [0.5, 0.6) is 0 Å². The van der Waals surface area contributed by atoms with Crippen molar-refractivity contribution < 1.29 is 13.2 Å². The summed E-state index contributed by atoms with van der Waals surface area (Å²) in [5.74, 6) is -0.347. The number of amides is 1. The standard InChI is InChI=1S/C14H13ClN2O3S/c15-10-2-1-3-13(8-10)21(19,20)12-6-4-11(5-7-12)17-14(18)9-16/h1-8H,9,16H2,(H,17,18). The van der Waals surface area contributed by atoms with Crippen LogP contribution in [0.25, 0.3) is 0 Å². The molecule has 1 amide bonds. The van der Waals surface area contributed by atoms with Crippen LogP contribution >= 0.6 is 11.6 Å². The number of rotatable bonds is 4. The number of benzene rings is 2. The van der Waals surface area contributed by atoms with Crippen LogP contribution in [0.2, 0.25) is 5.02 Å². The van der Waals surface area contributed by atoms with E-state index in [1.807, 2.05) is 0 Å². The van der Waals surface area contributed by atoms with Crippen LogP contribution in [0, 0.1) is 0 Å². The van der Waals surface area contributed by atoms with Gasteiger partial charge in [0, 0.05) is 10.7 Å². The lowest BCUT2D eigenvalue weighted by molar-refractivity contribution is -0.114. The molecule has 0 bridgehead atoms.